The lowest BCUT2D eigenvalue weighted by Gasteiger charge is -2.45. The van der Waals surface area contributed by atoms with Crippen molar-refractivity contribution in [3.8, 4) is 6.07 Å². The Hall–Kier alpha value is -2.72. The minimum Gasteiger partial charge on any atom is -0.468 e. The molecule has 3 saturated carbocycles. The van der Waals surface area contributed by atoms with E-state index in [-0.39, 0.29) is 11.8 Å². The summed E-state index contributed by atoms with van der Waals surface area (Å²) in [5, 5.41) is 9.72. The molecule has 0 atom stereocenters. The van der Waals surface area contributed by atoms with Crippen molar-refractivity contribution in [2.75, 3.05) is 13.7 Å². The van der Waals surface area contributed by atoms with E-state index in [0.29, 0.717) is 49.8 Å². The summed E-state index contributed by atoms with van der Waals surface area (Å²) >= 11 is 0. The van der Waals surface area contributed by atoms with Crippen LogP contribution in [0, 0.1) is 35.9 Å². The average molecular weight is 466 g/mol. The number of aromatic nitrogens is 2. The number of carbonyl (C=O) groups excluding carboxylic acids is 1. The summed E-state index contributed by atoms with van der Waals surface area (Å²) in [6.45, 7) is 3.48. The Morgan fingerprint density at radius 3 is 2.35 bits per heavy atom. The van der Waals surface area contributed by atoms with E-state index < -0.39 is 11.0 Å². The smallest absolute Gasteiger partial charge is 0.316 e. The zero-order valence-electron chi connectivity index (χ0n) is 20.0. The quantitative estimate of drug-likeness (QED) is 0.517. The maximum absolute atomic E-state index is 13.6. The third-order valence-corrected chi connectivity index (χ3v) is 8.05. The number of ether oxygens (including phenoxy) is 2. The molecule has 0 N–H and O–H groups in total. The van der Waals surface area contributed by atoms with Crippen LogP contribution >= 0.6 is 0 Å². The highest BCUT2D eigenvalue weighted by molar-refractivity contribution is 5.83. The fraction of sp³-hybridized carbons (Fsp3) is 0.593. The second-order valence-corrected chi connectivity index (χ2v) is 10.4. The standard InChI is InChI=1S/C27H32FN3O3/c1-18-23(15-29)30-24(31(18)16-19-3-4-19)27(34-17-20-5-6-20)13-11-26(12-14-27,25(32)33-2)21-7-9-22(28)10-8-21/h7-10,19-20H,3-6,11-14,16-17H2,1-2H3. The van der Waals surface area contributed by atoms with Crippen molar-refractivity contribution in [2.24, 2.45) is 11.8 Å². The molecule has 3 fully saturated rings. The van der Waals surface area contributed by atoms with Gasteiger partial charge in [-0.05, 0) is 87.8 Å². The predicted octanol–water partition coefficient (Wildman–Crippen LogP) is 4.92. The summed E-state index contributed by atoms with van der Waals surface area (Å²) in [5.74, 6) is 1.39. The van der Waals surface area contributed by atoms with Crippen LogP contribution in [0.2, 0.25) is 0 Å². The Labute approximate surface area is 200 Å². The van der Waals surface area contributed by atoms with Crippen molar-refractivity contribution in [2.45, 2.75) is 75.9 Å². The maximum atomic E-state index is 13.6. The SMILES string of the molecule is COC(=O)C1(c2ccc(F)cc2)CCC(OCC2CC2)(c2nc(C#N)c(C)n2CC2CC2)CC1. The third kappa shape index (κ3) is 4.13. The number of rotatable bonds is 8. The number of hydrogen-bond donors (Lipinski definition) is 0. The van der Waals surface area contributed by atoms with E-state index in [2.05, 4.69) is 10.6 Å². The van der Waals surface area contributed by atoms with Crippen LogP contribution in [0.5, 0.6) is 0 Å². The number of esters is 1. The minimum atomic E-state index is -0.851. The largest absolute Gasteiger partial charge is 0.468 e. The van der Waals surface area contributed by atoms with Crippen LogP contribution in [0.4, 0.5) is 4.39 Å². The molecule has 0 unspecified atom stereocenters. The number of carbonyl (C=O) groups is 1. The van der Waals surface area contributed by atoms with Crippen molar-refractivity contribution >= 4 is 5.97 Å². The van der Waals surface area contributed by atoms with Crippen LogP contribution in [-0.4, -0.2) is 29.2 Å². The molecule has 1 aromatic heterocycles. The Bertz CT molecular complexity index is 1100. The van der Waals surface area contributed by atoms with Gasteiger partial charge in [0.2, 0.25) is 0 Å². The van der Waals surface area contributed by atoms with Crippen molar-refractivity contribution in [1.82, 2.24) is 9.55 Å². The number of nitrogens with zero attached hydrogens (tertiary/aromatic N) is 3. The molecule has 3 aliphatic carbocycles. The van der Waals surface area contributed by atoms with Crippen molar-refractivity contribution in [3.05, 3.63) is 52.9 Å². The van der Waals surface area contributed by atoms with Gasteiger partial charge in [-0.3, -0.25) is 4.79 Å². The van der Waals surface area contributed by atoms with E-state index in [1.54, 1.807) is 12.1 Å². The lowest BCUT2D eigenvalue weighted by molar-refractivity contribution is -0.155. The number of hydrogen-bond acceptors (Lipinski definition) is 5. The highest BCUT2D eigenvalue weighted by atomic mass is 19.1. The number of benzene rings is 1. The molecule has 7 heteroatoms. The van der Waals surface area contributed by atoms with E-state index in [1.807, 2.05) is 6.92 Å². The van der Waals surface area contributed by atoms with Gasteiger partial charge in [-0.25, -0.2) is 9.37 Å². The predicted molar refractivity (Wildman–Crippen MR) is 123 cm³/mol. The number of methoxy groups -OCH3 is 1. The van der Waals surface area contributed by atoms with E-state index in [1.165, 1.54) is 44.9 Å². The van der Waals surface area contributed by atoms with Gasteiger partial charge < -0.3 is 14.0 Å². The topological polar surface area (TPSA) is 77.1 Å². The summed E-state index contributed by atoms with van der Waals surface area (Å²) in [7, 11) is 1.41. The fourth-order valence-electron chi connectivity index (χ4n) is 5.42. The van der Waals surface area contributed by atoms with Crippen molar-refractivity contribution in [3.63, 3.8) is 0 Å². The molecule has 2 aromatic rings. The van der Waals surface area contributed by atoms with Crippen LogP contribution in [-0.2, 0) is 31.8 Å². The van der Waals surface area contributed by atoms with Crippen LogP contribution in [0.15, 0.2) is 24.3 Å². The molecular formula is C27H32FN3O3. The molecule has 1 heterocycles. The molecule has 0 amide bonds. The molecule has 180 valence electrons. The van der Waals surface area contributed by atoms with Crippen LogP contribution in [0.3, 0.4) is 0 Å². The fourth-order valence-corrected chi connectivity index (χ4v) is 5.42. The van der Waals surface area contributed by atoms with Gasteiger partial charge >= 0.3 is 5.97 Å². The highest BCUT2D eigenvalue weighted by Gasteiger charge is 2.52. The van der Waals surface area contributed by atoms with E-state index in [0.717, 1.165) is 23.6 Å². The van der Waals surface area contributed by atoms with Gasteiger partial charge in [-0.1, -0.05) is 12.1 Å². The van der Waals surface area contributed by atoms with Crippen molar-refractivity contribution < 1.29 is 18.7 Å². The van der Waals surface area contributed by atoms with Gasteiger partial charge in [0.15, 0.2) is 5.69 Å². The minimum absolute atomic E-state index is 0.301. The van der Waals surface area contributed by atoms with Crippen LogP contribution < -0.4 is 0 Å². The Morgan fingerprint density at radius 2 is 1.79 bits per heavy atom. The molecule has 0 spiro atoms. The van der Waals surface area contributed by atoms with Gasteiger partial charge in [-0.2, -0.15) is 5.26 Å². The third-order valence-electron chi connectivity index (χ3n) is 8.05. The summed E-state index contributed by atoms with van der Waals surface area (Å²) in [4.78, 5) is 17.9. The Kier molecular flexibility index (Phi) is 5.97. The molecule has 0 aliphatic heterocycles. The number of imidazole rings is 1. The Morgan fingerprint density at radius 1 is 1.15 bits per heavy atom. The van der Waals surface area contributed by atoms with E-state index >= 15 is 0 Å². The molecule has 5 rings (SSSR count). The van der Waals surface area contributed by atoms with Gasteiger partial charge in [-0.15, -0.1) is 0 Å². The van der Waals surface area contributed by atoms with E-state index in [9.17, 15) is 14.4 Å². The van der Waals surface area contributed by atoms with Gasteiger partial charge in [0.25, 0.3) is 0 Å². The Balaban J connectivity index is 1.52. The monoisotopic (exact) mass is 465 g/mol. The normalized spacial score (nSPS) is 26.8. The molecule has 0 radical (unpaired) electrons. The summed E-state index contributed by atoms with van der Waals surface area (Å²) in [5.41, 5.74) is 0.604. The first-order valence-corrected chi connectivity index (χ1v) is 12.4. The van der Waals surface area contributed by atoms with Crippen molar-refractivity contribution in [1.29, 1.82) is 5.26 Å². The zero-order valence-corrected chi connectivity index (χ0v) is 20.0. The second-order valence-electron chi connectivity index (χ2n) is 10.4. The summed E-state index contributed by atoms with van der Waals surface area (Å²) in [6, 6.07) is 8.44. The zero-order chi connectivity index (χ0) is 23.9. The molecule has 0 bridgehead atoms. The molecule has 34 heavy (non-hydrogen) atoms. The molecule has 6 nitrogen and oxygen atoms in total. The molecular weight excluding hydrogens is 433 g/mol. The van der Waals surface area contributed by atoms with Gasteiger partial charge in [0, 0.05) is 6.54 Å². The lowest BCUT2D eigenvalue weighted by atomic mass is 9.64. The first-order chi connectivity index (χ1) is 16.4. The summed E-state index contributed by atoms with van der Waals surface area (Å²) < 4.78 is 27.8. The first-order valence-electron chi connectivity index (χ1n) is 12.4. The van der Waals surface area contributed by atoms with E-state index in [4.69, 9.17) is 14.5 Å². The highest BCUT2D eigenvalue weighted by Crippen LogP contribution is 2.51. The van der Waals surface area contributed by atoms with Gasteiger partial charge in [0.1, 0.15) is 23.3 Å². The van der Waals surface area contributed by atoms with Crippen LogP contribution in [0.1, 0.15) is 74.1 Å². The second kappa shape index (κ2) is 8.81. The molecule has 3 aliphatic rings. The number of nitriles is 1. The molecule has 1 aromatic carbocycles. The lowest BCUT2D eigenvalue weighted by Crippen LogP contribution is -2.47. The molecule has 0 saturated heterocycles. The summed E-state index contributed by atoms with van der Waals surface area (Å²) in [6.07, 6.45) is 6.93. The average Bonchev–Trinajstić information content (AvgIpc) is 3.78. The van der Waals surface area contributed by atoms with Crippen LogP contribution in [0.25, 0.3) is 0 Å². The number of halogens is 1. The maximum Gasteiger partial charge on any atom is 0.316 e. The first kappa shape index (κ1) is 23.0. The van der Waals surface area contributed by atoms with Gasteiger partial charge in [0.05, 0.1) is 24.8 Å².